The lowest BCUT2D eigenvalue weighted by Crippen LogP contribution is -2.29. The zero-order chi connectivity index (χ0) is 23.4. The molecule has 0 atom stereocenters. The Labute approximate surface area is 191 Å². The highest BCUT2D eigenvalue weighted by atomic mass is 32.2. The molecule has 7 nitrogen and oxygen atoms in total. The van der Waals surface area contributed by atoms with Gasteiger partial charge in [0, 0.05) is 29.0 Å². The van der Waals surface area contributed by atoms with E-state index >= 15 is 0 Å². The van der Waals surface area contributed by atoms with Crippen molar-refractivity contribution in [1.82, 2.24) is 9.71 Å². The fourth-order valence-electron chi connectivity index (χ4n) is 3.07. The molecule has 0 spiro atoms. The van der Waals surface area contributed by atoms with Crippen LogP contribution in [0.25, 0.3) is 11.1 Å². The summed E-state index contributed by atoms with van der Waals surface area (Å²) >= 11 is 0. The average molecular weight is 471 g/mol. The molecule has 0 bridgehead atoms. The number of pyridine rings is 1. The van der Waals surface area contributed by atoms with Crippen molar-refractivity contribution < 1.29 is 27.1 Å². The van der Waals surface area contributed by atoms with Crippen LogP contribution in [0.5, 0.6) is 11.6 Å². The van der Waals surface area contributed by atoms with Crippen molar-refractivity contribution in [1.29, 1.82) is 0 Å². The van der Waals surface area contributed by atoms with Gasteiger partial charge >= 0.3 is 0 Å². The summed E-state index contributed by atoms with van der Waals surface area (Å²) in [7, 11) is -3.63. The van der Waals surface area contributed by atoms with Crippen LogP contribution < -0.4 is 14.2 Å². The second-order valence-corrected chi connectivity index (χ2v) is 9.72. The Morgan fingerprint density at radius 1 is 1.09 bits per heavy atom. The number of ether oxygens (including phenoxy) is 2. The zero-order valence-electron chi connectivity index (χ0n) is 18.0. The van der Waals surface area contributed by atoms with Gasteiger partial charge in [0.2, 0.25) is 15.9 Å². The third kappa shape index (κ3) is 6.52. The van der Waals surface area contributed by atoms with E-state index in [2.05, 4.69) is 4.98 Å². The van der Waals surface area contributed by atoms with Crippen LogP contribution in [0.3, 0.4) is 0 Å². The fraction of sp³-hybridized carbons (Fsp3) is 0.250. The minimum Gasteiger partial charge on any atom is -0.489 e. The second-order valence-electron chi connectivity index (χ2n) is 7.97. The minimum absolute atomic E-state index is 0.186. The quantitative estimate of drug-likeness (QED) is 0.509. The van der Waals surface area contributed by atoms with Gasteiger partial charge in [0.05, 0.1) is 12.9 Å². The molecule has 0 saturated heterocycles. The maximum atomic E-state index is 14.4. The number of carbonyl (C=O) groups excluding carboxylic acids is 1. The summed E-state index contributed by atoms with van der Waals surface area (Å²) < 4.78 is 50.1. The van der Waals surface area contributed by atoms with E-state index in [4.69, 9.17) is 9.47 Å². The van der Waals surface area contributed by atoms with Crippen molar-refractivity contribution in [3.05, 3.63) is 77.7 Å². The second kappa shape index (κ2) is 9.58. The Bertz CT molecular complexity index is 1240. The number of halogens is 1. The lowest BCUT2D eigenvalue weighted by Gasteiger charge is -2.10. The molecule has 33 heavy (non-hydrogen) atoms. The number of sulfonamides is 1. The fourth-order valence-corrected chi connectivity index (χ4v) is 3.53. The molecule has 0 radical (unpaired) electrons. The van der Waals surface area contributed by atoms with Crippen LogP contribution in [0.4, 0.5) is 4.39 Å². The number of nitrogens with one attached hydrogen (secondary N) is 1. The number of hydrogen-bond acceptors (Lipinski definition) is 6. The molecule has 1 N–H and O–H groups in total. The molecule has 1 saturated carbocycles. The van der Waals surface area contributed by atoms with Crippen molar-refractivity contribution in [2.75, 3.05) is 12.9 Å². The Morgan fingerprint density at radius 3 is 2.48 bits per heavy atom. The van der Waals surface area contributed by atoms with Crippen molar-refractivity contribution in [3.63, 3.8) is 0 Å². The first-order chi connectivity index (χ1) is 15.8. The van der Waals surface area contributed by atoms with E-state index in [9.17, 15) is 17.6 Å². The minimum atomic E-state index is -3.63. The van der Waals surface area contributed by atoms with Gasteiger partial charge in [0.25, 0.3) is 5.91 Å². The molecular weight excluding hydrogens is 447 g/mol. The van der Waals surface area contributed by atoms with E-state index in [-0.39, 0.29) is 12.2 Å². The zero-order valence-corrected chi connectivity index (χ0v) is 18.8. The smallest absolute Gasteiger partial charge is 0.264 e. The average Bonchev–Trinajstić information content (AvgIpc) is 3.61. The molecule has 1 aromatic heterocycles. The summed E-state index contributed by atoms with van der Waals surface area (Å²) in [6.45, 7) is 0.846. The van der Waals surface area contributed by atoms with Gasteiger partial charge in [-0.25, -0.2) is 22.5 Å². The van der Waals surface area contributed by atoms with Gasteiger partial charge in [0.1, 0.15) is 18.2 Å². The number of amides is 1. The summed E-state index contributed by atoms with van der Waals surface area (Å²) in [6.07, 6.45) is 4.87. The van der Waals surface area contributed by atoms with Crippen molar-refractivity contribution >= 4 is 15.9 Å². The van der Waals surface area contributed by atoms with Gasteiger partial charge in [-0.3, -0.25) is 4.79 Å². The van der Waals surface area contributed by atoms with Crippen molar-refractivity contribution in [2.45, 2.75) is 19.4 Å². The standard InChI is InChI=1S/C24H23FN2O5S/c1-33(29,30)27-24(28)18-6-4-17(5-7-18)14-31-20-9-10-22(25)21(12-20)19-8-11-23(26-13-19)32-15-16-2-3-16/h4-13,16H,2-3,14-15H2,1H3,(H,27,28). The number of aromatic nitrogens is 1. The number of carbonyl (C=O) groups is 1. The van der Waals surface area contributed by atoms with Crippen LogP contribution in [0, 0.1) is 11.7 Å². The highest BCUT2D eigenvalue weighted by molar-refractivity contribution is 7.89. The first-order valence-corrected chi connectivity index (χ1v) is 12.3. The Morgan fingerprint density at radius 2 is 1.85 bits per heavy atom. The number of hydrogen-bond donors (Lipinski definition) is 1. The number of rotatable bonds is 9. The van der Waals surface area contributed by atoms with Crippen LogP contribution in [-0.2, 0) is 16.6 Å². The van der Waals surface area contributed by atoms with E-state index < -0.39 is 21.7 Å². The van der Waals surface area contributed by atoms with E-state index in [1.54, 1.807) is 36.5 Å². The van der Waals surface area contributed by atoms with Crippen LogP contribution in [0.2, 0.25) is 0 Å². The number of benzene rings is 2. The van der Waals surface area contributed by atoms with Gasteiger partial charge in [-0.05, 0) is 60.7 Å². The summed E-state index contributed by atoms with van der Waals surface area (Å²) in [5.74, 6) is 0.521. The molecular formula is C24H23FN2O5S. The van der Waals surface area contributed by atoms with Crippen molar-refractivity contribution in [2.24, 2.45) is 5.92 Å². The van der Waals surface area contributed by atoms with Gasteiger partial charge in [-0.15, -0.1) is 0 Å². The molecule has 3 aromatic rings. The molecule has 1 fully saturated rings. The monoisotopic (exact) mass is 470 g/mol. The van der Waals surface area contributed by atoms with Gasteiger partial charge in [0.15, 0.2) is 0 Å². The topological polar surface area (TPSA) is 94.6 Å². The molecule has 2 aromatic carbocycles. The third-order valence-corrected chi connectivity index (χ3v) is 5.60. The Hall–Kier alpha value is -3.46. The van der Waals surface area contributed by atoms with E-state index in [0.717, 1.165) is 11.8 Å². The highest BCUT2D eigenvalue weighted by Gasteiger charge is 2.22. The summed E-state index contributed by atoms with van der Waals surface area (Å²) in [5.41, 5.74) is 1.94. The van der Waals surface area contributed by atoms with Crippen LogP contribution >= 0.6 is 0 Å². The predicted molar refractivity (Wildman–Crippen MR) is 121 cm³/mol. The van der Waals surface area contributed by atoms with E-state index in [0.29, 0.717) is 35.3 Å². The number of nitrogens with zero attached hydrogens (tertiary/aromatic N) is 1. The van der Waals surface area contributed by atoms with Crippen LogP contribution in [-0.4, -0.2) is 32.2 Å². The Kier molecular flexibility index (Phi) is 6.60. The molecule has 1 heterocycles. The molecule has 4 rings (SSSR count). The van der Waals surface area contributed by atoms with Gasteiger partial charge in [-0.1, -0.05) is 12.1 Å². The summed E-state index contributed by atoms with van der Waals surface area (Å²) in [5, 5.41) is 0. The maximum Gasteiger partial charge on any atom is 0.264 e. The predicted octanol–water partition coefficient (Wildman–Crippen LogP) is 3.94. The van der Waals surface area contributed by atoms with E-state index in [1.807, 2.05) is 4.72 Å². The maximum absolute atomic E-state index is 14.4. The summed E-state index contributed by atoms with van der Waals surface area (Å²) in [6, 6.07) is 14.3. The van der Waals surface area contributed by atoms with Crippen LogP contribution in [0.15, 0.2) is 60.8 Å². The first-order valence-electron chi connectivity index (χ1n) is 10.4. The molecule has 1 aliphatic rings. The molecule has 1 amide bonds. The molecule has 172 valence electrons. The van der Waals surface area contributed by atoms with E-state index in [1.165, 1.54) is 37.1 Å². The molecule has 9 heteroatoms. The first kappa shape index (κ1) is 22.7. The lowest BCUT2D eigenvalue weighted by molar-refractivity contribution is 0.0981. The van der Waals surface area contributed by atoms with Crippen LogP contribution in [0.1, 0.15) is 28.8 Å². The highest BCUT2D eigenvalue weighted by Crippen LogP contribution is 2.30. The molecule has 1 aliphatic carbocycles. The normalized spacial score (nSPS) is 13.4. The van der Waals surface area contributed by atoms with Crippen molar-refractivity contribution in [3.8, 4) is 22.8 Å². The van der Waals surface area contributed by atoms with Gasteiger partial charge < -0.3 is 9.47 Å². The molecule has 0 aliphatic heterocycles. The largest absolute Gasteiger partial charge is 0.489 e. The molecule has 0 unspecified atom stereocenters. The SMILES string of the molecule is CS(=O)(=O)NC(=O)c1ccc(COc2ccc(F)c(-c3ccc(OCC4CC4)nc3)c2)cc1. The summed E-state index contributed by atoms with van der Waals surface area (Å²) in [4.78, 5) is 16.1. The third-order valence-electron chi connectivity index (χ3n) is 5.05. The van der Waals surface area contributed by atoms with Gasteiger partial charge in [-0.2, -0.15) is 0 Å². The Balaban J connectivity index is 1.39. The lowest BCUT2D eigenvalue weighted by atomic mass is 10.1.